The molecule has 7 heteroatoms. The summed E-state index contributed by atoms with van der Waals surface area (Å²) in [5, 5.41) is 18.9. The van der Waals surface area contributed by atoms with Crippen molar-refractivity contribution in [1.29, 1.82) is 5.26 Å². The molecule has 1 aromatic heterocycles. The maximum Gasteiger partial charge on any atom is 0.308 e. The van der Waals surface area contributed by atoms with Crippen LogP contribution in [0.4, 0.5) is 14.5 Å². The number of anilines is 1. The second-order valence-electron chi connectivity index (χ2n) is 6.20. The van der Waals surface area contributed by atoms with Gasteiger partial charge in [-0.15, -0.1) is 0 Å². The number of carbonyl (C=O) groups is 1. The molecule has 3 rings (SSSR count). The predicted molar refractivity (Wildman–Crippen MR) is 83.5 cm³/mol. The number of hydrogen-bond donors (Lipinski definition) is 1. The van der Waals surface area contributed by atoms with E-state index in [1.54, 1.807) is 4.90 Å². The Balaban J connectivity index is 2.20. The highest BCUT2D eigenvalue weighted by molar-refractivity contribution is 5.95. The van der Waals surface area contributed by atoms with Gasteiger partial charge in [-0.05, 0) is 18.4 Å². The molecule has 124 valence electrons. The van der Waals surface area contributed by atoms with E-state index in [9.17, 15) is 23.9 Å². The third kappa shape index (κ3) is 2.75. The normalized spacial score (nSPS) is 20.8. The highest BCUT2D eigenvalue weighted by Crippen LogP contribution is 2.35. The molecule has 2 unspecified atom stereocenters. The molecule has 0 bridgehead atoms. The minimum absolute atomic E-state index is 0.0319. The van der Waals surface area contributed by atoms with Crippen molar-refractivity contribution >= 4 is 22.6 Å². The standard InChI is InChI=1S/C17H15F2N3O2/c1-9-2-10(17(23)24)8-22(7-9)16-11(5-20)6-21-15-13(16)3-12(18)4-14(15)19/h3-4,6,9-10H,2,7-8H2,1H3,(H,23,24). The molecule has 2 aromatic rings. The van der Waals surface area contributed by atoms with Crippen molar-refractivity contribution in [2.24, 2.45) is 11.8 Å². The van der Waals surface area contributed by atoms with Crippen LogP contribution >= 0.6 is 0 Å². The first kappa shape index (κ1) is 16.1. The molecule has 24 heavy (non-hydrogen) atoms. The van der Waals surface area contributed by atoms with Crippen molar-refractivity contribution in [1.82, 2.24) is 4.98 Å². The third-order valence-electron chi connectivity index (χ3n) is 4.31. The number of pyridine rings is 1. The summed E-state index contributed by atoms with van der Waals surface area (Å²) < 4.78 is 27.7. The largest absolute Gasteiger partial charge is 0.481 e. The number of rotatable bonds is 2. The average molecular weight is 331 g/mol. The Labute approximate surface area is 137 Å². The van der Waals surface area contributed by atoms with Gasteiger partial charge in [-0.25, -0.2) is 8.78 Å². The van der Waals surface area contributed by atoms with E-state index in [4.69, 9.17) is 0 Å². The number of aromatic nitrogens is 1. The molecular weight excluding hydrogens is 316 g/mol. The number of nitrogens with zero attached hydrogens (tertiary/aromatic N) is 3. The lowest BCUT2D eigenvalue weighted by Gasteiger charge is -2.37. The van der Waals surface area contributed by atoms with Crippen molar-refractivity contribution in [3.05, 3.63) is 35.5 Å². The van der Waals surface area contributed by atoms with E-state index in [0.29, 0.717) is 18.7 Å². The summed E-state index contributed by atoms with van der Waals surface area (Å²) in [6.07, 6.45) is 1.77. The number of benzene rings is 1. The minimum Gasteiger partial charge on any atom is -0.481 e. The molecule has 1 aliphatic heterocycles. The summed E-state index contributed by atoms with van der Waals surface area (Å²) in [5.74, 6) is -3.01. The van der Waals surface area contributed by atoms with Gasteiger partial charge in [0, 0.05) is 30.7 Å². The van der Waals surface area contributed by atoms with Gasteiger partial charge in [0.2, 0.25) is 0 Å². The first-order valence-electron chi connectivity index (χ1n) is 7.56. The SMILES string of the molecule is CC1CC(C(=O)O)CN(c2c(C#N)cnc3c(F)cc(F)cc23)C1. The molecule has 5 nitrogen and oxygen atoms in total. The van der Waals surface area contributed by atoms with E-state index in [0.717, 1.165) is 12.1 Å². The quantitative estimate of drug-likeness (QED) is 0.915. The maximum absolute atomic E-state index is 14.0. The number of carboxylic acids is 1. The van der Waals surface area contributed by atoms with Crippen LogP contribution in [-0.2, 0) is 4.79 Å². The first-order chi connectivity index (χ1) is 11.4. The van der Waals surface area contributed by atoms with E-state index in [-0.39, 0.29) is 28.9 Å². The lowest BCUT2D eigenvalue weighted by molar-refractivity contribution is -0.142. The minimum atomic E-state index is -0.916. The molecule has 2 heterocycles. The molecule has 0 saturated carbocycles. The predicted octanol–water partition coefficient (Wildman–Crippen LogP) is 2.93. The Morgan fingerprint density at radius 1 is 1.42 bits per heavy atom. The molecule has 1 saturated heterocycles. The number of aliphatic carboxylic acids is 1. The smallest absolute Gasteiger partial charge is 0.308 e. The monoisotopic (exact) mass is 331 g/mol. The van der Waals surface area contributed by atoms with Crippen molar-refractivity contribution in [2.75, 3.05) is 18.0 Å². The summed E-state index contributed by atoms with van der Waals surface area (Å²) >= 11 is 0. The van der Waals surface area contributed by atoms with Gasteiger partial charge in [-0.3, -0.25) is 9.78 Å². The van der Waals surface area contributed by atoms with Gasteiger partial charge >= 0.3 is 5.97 Å². The molecule has 0 amide bonds. The third-order valence-corrected chi connectivity index (χ3v) is 4.31. The Bertz CT molecular complexity index is 863. The van der Waals surface area contributed by atoms with Crippen molar-refractivity contribution < 1.29 is 18.7 Å². The lowest BCUT2D eigenvalue weighted by atomic mass is 9.89. The van der Waals surface area contributed by atoms with E-state index in [2.05, 4.69) is 4.98 Å². The second kappa shape index (κ2) is 6.04. The number of carboxylic acid groups (broad SMARTS) is 1. The zero-order valence-electron chi connectivity index (χ0n) is 13.0. The summed E-state index contributed by atoms with van der Waals surface area (Å²) in [6.45, 7) is 2.61. The topological polar surface area (TPSA) is 77.2 Å². The summed E-state index contributed by atoms with van der Waals surface area (Å²) in [7, 11) is 0. The van der Waals surface area contributed by atoms with Crippen molar-refractivity contribution in [2.45, 2.75) is 13.3 Å². The zero-order chi connectivity index (χ0) is 17.4. The summed E-state index contributed by atoms with van der Waals surface area (Å²) in [5.41, 5.74) is 0.486. The fraction of sp³-hybridized carbons (Fsp3) is 0.353. The van der Waals surface area contributed by atoms with Gasteiger partial charge in [0.05, 0.1) is 17.2 Å². The van der Waals surface area contributed by atoms with E-state index < -0.39 is 23.5 Å². The van der Waals surface area contributed by atoms with Gasteiger partial charge in [0.15, 0.2) is 5.82 Å². The molecule has 0 radical (unpaired) electrons. The average Bonchev–Trinajstić information content (AvgIpc) is 2.52. The number of hydrogen-bond acceptors (Lipinski definition) is 4. The zero-order valence-corrected chi connectivity index (χ0v) is 13.0. The fourth-order valence-electron chi connectivity index (χ4n) is 3.35. The van der Waals surface area contributed by atoms with Crippen molar-refractivity contribution in [3.8, 4) is 6.07 Å². The molecule has 1 aromatic carbocycles. The Morgan fingerprint density at radius 3 is 2.83 bits per heavy atom. The maximum atomic E-state index is 14.0. The van der Waals surface area contributed by atoms with Crippen LogP contribution in [0.2, 0.25) is 0 Å². The Morgan fingerprint density at radius 2 is 2.17 bits per heavy atom. The van der Waals surface area contributed by atoms with E-state index in [1.165, 1.54) is 6.20 Å². The number of nitriles is 1. The van der Waals surface area contributed by atoms with Crippen LogP contribution in [0.3, 0.4) is 0 Å². The van der Waals surface area contributed by atoms with Gasteiger partial charge in [0.1, 0.15) is 17.4 Å². The van der Waals surface area contributed by atoms with Crippen LogP contribution < -0.4 is 4.90 Å². The van der Waals surface area contributed by atoms with E-state index >= 15 is 0 Å². The van der Waals surface area contributed by atoms with Crippen LogP contribution in [0.1, 0.15) is 18.9 Å². The Hall–Kier alpha value is -2.75. The molecule has 0 spiro atoms. The molecular formula is C17H15F2N3O2. The molecule has 1 aliphatic rings. The fourth-order valence-corrected chi connectivity index (χ4v) is 3.35. The van der Waals surface area contributed by atoms with Crippen LogP contribution in [0.5, 0.6) is 0 Å². The van der Waals surface area contributed by atoms with Crippen LogP contribution in [0.15, 0.2) is 18.3 Å². The molecule has 0 aliphatic carbocycles. The van der Waals surface area contributed by atoms with Crippen LogP contribution in [-0.4, -0.2) is 29.1 Å². The highest BCUT2D eigenvalue weighted by atomic mass is 19.1. The van der Waals surface area contributed by atoms with Gasteiger partial charge in [-0.2, -0.15) is 5.26 Å². The first-order valence-corrected chi connectivity index (χ1v) is 7.56. The highest BCUT2D eigenvalue weighted by Gasteiger charge is 2.31. The second-order valence-corrected chi connectivity index (χ2v) is 6.20. The lowest BCUT2D eigenvalue weighted by Crippen LogP contribution is -2.43. The van der Waals surface area contributed by atoms with Gasteiger partial charge in [-0.1, -0.05) is 6.92 Å². The van der Waals surface area contributed by atoms with Gasteiger partial charge in [0.25, 0.3) is 0 Å². The van der Waals surface area contributed by atoms with Gasteiger partial charge < -0.3 is 10.0 Å². The number of fused-ring (bicyclic) bond motifs is 1. The van der Waals surface area contributed by atoms with Crippen LogP contribution in [0.25, 0.3) is 10.9 Å². The number of halogens is 2. The molecule has 1 N–H and O–H groups in total. The van der Waals surface area contributed by atoms with E-state index in [1.807, 2.05) is 13.0 Å². The Kier molecular flexibility index (Phi) is 4.06. The molecule has 1 fully saturated rings. The summed E-state index contributed by atoms with van der Waals surface area (Å²) in [4.78, 5) is 17.0. The van der Waals surface area contributed by atoms with Crippen molar-refractivity contribution in [3.63, 3.8) is 0 Å². The van der Waals surface area contributed by atoms with Crippen LogP contribution in [0, 0.1) is 34.8 Å². The summed E-state index contributed by atoms with van der Waals surface area (Å²) in [6, 6.07) is 3.86. The molecule has 2 atom stereocenters. The number of piperidine rings is 1.